The van der Waals surface area contributed by atoms with Crippen LogP contribution >= 0.6 is 0 Å². The van der Waals surface area contributed by atoms with Crippen molar-refractivity contribution in [1.29, 1.82) is 15.8 Å². The Hall–Kier alpha value is -4.35. The number of hydrogen-bond acceptors (Lipinski definition) is 7. The summed E-state index contributed by atoms with van der Waals surface area (Å²) in [5, 5.41) is 29.4. The lowest BCUT2D eigenvalue weighted by atomic mass is 10.2. The molecule has 2 aromatic rings. The number of carbonyl (C=O) groups excluding carboxylic acids is 1. The molecule has 1 aromatic carbocycles. The second-order valence-corrected chi connectivity index (χ2v) is 4.58. The zero-order chi connectivity index (χ0) is 18.2. The Morgan fingerprint density at radius 3 is 2.44 bits per heavy atom. The maximum atomic E-state index is 11.1. The van der Waals surface area contributed by atoms with Crippen LogP contribution in [0.15, 0.2) is 53.9 Å². The number of nitrogens with zero attached hydrogens (tertiary/aromatic N) is 4. The molecule has 0 fully saturated rings. The number of ether oxygens (including phenoxy) is 1. The highest BCUT2D eigenvalue weighted by molar-refractivity contribution is 5.91. The molecular weight excluding hydrogens is 320 g/mol. The number of carbonyl (C=O) groups is 1. The average Bonchev–Trinajstić information content (AvgIpc) is 2.62. The van der Waals surface area contributed by atoms with E-state index < -0.39 is 5.91 Å². The summed E-state index contributed by atoms with van der Waals surface area (Å²) in [6, 6.07) is 14.5. The molecule has 0 unspecified atom stereocenters. The number of rotatable bonds is 5. The number of nitrogens with one attached hydrogen (secondary N) is 1. The standard InChI is InChI=1S/C17H10N6O2/c18-8-11(9-19)16(10-20)23-12-2-1-3-13(6-12)25-14-4-5-22-15(7-14)17(21)24/h1-7,23H,(H2,21,24). The predicted molar refractivity (Wildman–Crippen MR) is 86.8 cm³/mol. The van der Waals surface area contributed by atoms with E-state index in [0.717, 1.165) is 0 Å². The lowest BCUT2D eigenvalue weighted by Gasteiger charge is -2.09. The second-order valence-electron chi connectivity index (χ2n) is 4.58. The third-order valence-electron chi connectivity index (χ3n) is 2.91. The molecule has 0 radical (unpaired) electrons. The Bertz CT molecular complexity index is 960. The lowest BCUT2D eigenvalue weighted by molar-refractivity contribution is 0.0995. The predicted octanol–water partition coefficient (Wildman–Crippen LogP) is 2.21. The summed E-state index contributed by atoms with van der Waals surface area (Å²) < 4.78 is 5.62. The summed E-state index contributed by atoms with van der Waals surface area (Å²) in [6.45, 7) is 0. The Morgan fingerprint density at radius 2 is 1.80 bits per heavy atom. The molecule has 0 aliphatic rings. The highest BCUT2D eigenvalue weighted by Crippen LogP contribution is 2.25. The quantitative estimate of drug-likeness (QED) is 0.798. The third-order valence-corrected chi connectivity index (χ3v) is 2.91. The number of pyridine rings is 1. The minimum atomic E-state index is -0.676. The van der Waals surface area contributed by atoms with Gasteiger partial charge in [-0.25, -0.2) is 0 Å². The van der Waals surface area contributed by atoms with Crippen LogP contribution in [0.5, 0.6) is 11.5 Å². The maximum absolute atomic E-state index is 11.1. The van der Waals surface area contributed by atoms with Crippen molar-refractivity contribution >= 4 is 11.6 Å². The molecule has 1 aromatic heterocycles. The topological polar surface area (TPSA) is 149 Å². The van der Waals surface area contributed by atoms with Gasteiger partial charge in [0.25, 0.3) is 5.91 Å². The van der Waals surface area contributed by atoms with Crippen LogP contribution in [0.3, 0.4) is 0 Å². The van der Waals surface area contributed by atoms with E-state index in [4.69, 9.17) is 26.3 Å². The number of nitriles is 3. The Balaban J connectivity index is 2.26. The van der Waals surface area contributed by atoms with Crippen molar-refractivity contribution in [2.24, 2.45) is 5.73 Å². The summed E-state index contributed by atoms with van der Waals surface area (Å²) in [7, 11) is 0. The molecule has 25 heavy (non-hydrogen) atoms. The van der Waals surface area contributed by atoms with Gasteiger partial charge in [-0.2, -0.15) is 15.8 Å². The van der Waals surface area contributed by atoms with Crippen molar-refractivity contribution < 1.29 is 9.53 Å². The summed E-state index contributed by atoms with van der Waals surface area (Å²) in [5.41, 5.74) is 5.19. The van der Waals surface area contributed by atoms with Crippen molar-refractivity contribution in [3.63, 3.8) is 0 Å². The van der Waals surface area contributed by atoms with E-state index in [0.29, 0.717) is 17.2 Å². The van der Waals surface area contributed by atoms with E-state index in [1.165, 1.54) is 12.3 Å². The Kier molecular flexibility index (Phi) is 5.29. The number of benzene rings is 1. The van der Waals surface area contributed by atoms with Crippen molar-refractivity contribution in [1.82, 2.24) is 4.98 Å². The fourth-order valence-electron chi connectivity index (χ4n) is 1.81. The van der Waals surface area contributed by atoms with Gasteiger partial charge < -0.3 is 15.8 Å². The van der Waals surface area contributed by atoms with E-state index >= 15 is 0 Å². The maximum Gasteiger partial charge on any atom is 0.267 e. The molecule has 8 heteroatoms. The van der Waals surface area contributed by atoms with E-state index in [1.807, 2.05) is 0 Å². The largest absolute Gasteiger partial charge is 0.457 e. The van der Waals surface area contributed by atoms with Crippen LogP contribution in [0.1, 0.15) is 10.5 Å². The third kappa shape index (κ3) is 4.32. The first-order chi connectivity index (χ1) is 12.1. The van der Waals surface area contributed by atoms with Crippen molar-refractivity contribution in [3.05, 3.63) is 59.6 Å². The molecule has 8 nitrogen and oxygen atoms in total. The highest BCUT2D eigenvalue weighted by Gasteiger charge is 2.08. The smallest absolute Gasteiger partial charge is 0.267 e. The van der Waals surface area contributed by atoms with Crippen LogP contribution in [0.4, 0.5) is 5.69 Å². The van der Waals surface area contributed by atoms with Gasteiger partial charge >= 0.3 is 0 Å². The van der Waals surface area contributed by atoms with E-state index in [9.17, 15) is 4.79 Å². The van der Waals surface area contributed by atoms with Gasteiger partial charge in [0.1, 0.15) is 41.1 Å². The number of hydrogen-bond donors (Lipinski definition) is 2. The van der Waals surface area contributed by atoms with Gasteiger partial charge in [-0.1, -0.05) is 6.07 Å². The molecule has 0 saturated carbocycles. The molecule has 0 aliphatic carbocycles. The Labute approximate surface area is 143 Å². The molecule has 1 amide bonds. The van der Waals surface area contributed by atoms with Gasteiger partial charge in [-0.3, -0.25) is 9.78 Å². The molecule has 3 N–H and O–H groups in total. The monoisotopic (exact) mass is 330 g/mol. The number of aromatic nitrogens is 1. The molecule has 1 heterocycles. The summed E-state index contributed by atoms with van der Waals surface area (Å²) >= 11 is 0. The number of anilines is 1. The van der Waals surface area contributed by atoms with Crippen molar-refractivity contribution in [3.8, 4) is 29.7 Å². The zero-order valence-electron chi connectivity index (χ0n) is 12.7. The minimum absolute atomic E-state index is 0.0640. The van der Waals surface area contributed by atoms with Crippen LogP contribution < -0.4 is 15.8 Å². The SMILES string of the molecule is N#CC(C#N)=C(C#N)Nc1cccc(Oc2ccnc(C(N)=O)c2)c1. The Morgan fingerprint density at radius 1 is 1.08 bits per heavy atom. The van der Waals surface area contributed by atoms with Gasteiger partial charge in [-0.15, -0.1) is 0 Å². The van der Waals surface area contributed by atoms with Crippen molar-refractivity contribution in [2.45, 2.75) is 0 Å². The molecule has 0 aliphatic heterocycles. The lowest BCUT2D eigenvalue weighted by Crippen LogP contribution is -2.12. The van der Waals surface area contributed by atoms with Crippen LogP contribution in [0.25, 0.3) is 0 Å². The van der Waals surface area contributed by atoms with E-state index in [1.54, 1.807) is 48.5 Å². The summed E-state index contributed by atoms with van der Waals surface area (Å²) in [4.78, 5) is 15.0. The first kappa shape index (κ1) is 17.0. The van der Waals surface area contributed by atoms with Gasteiger partial charge in [0.05, 0.1) is 0 Å². The zero-order valence-corrected chi connectivity index (χ0v) is 12.7. The number of nitrogens with two attached hydrogens (primary N) is 1. The number of amides is 1. The van der Waals surface area contributed by atoms with Gasteiger partial charge in [0.2, 0.25) is 0 Å². The highest BCUT2D eigenvalue weighted by atomic mass is 16.5. The number of primary amides is 1. The van der Waals surface area contributed by atoms with Gasteiger partial charge in [-0.05, 0) is 18.2 Å². The summed E-state index contributed by atoms with van der Waals surface area (Å²) in [5.74, 6) is 0.0799. The first-order valence-corrected chi connectivity index (χ1v) is 6.82. The van der Waals surface area contributed by atoms with Crippen molar-refractivity contribution in [2.75, 3.05) is 5.32 Å². The van der Waals surface area contributed by atoms with Crippen LogP contribution in [0, 0.1) is 34.0 Å². The van der Waals surface area contributed by atoms with E-state index in [-0.39, 0.29) is 17.0 Å². The molecule has 0 atom stereocenters. The second kappa shape index (κ2) is 7.77. The molecule has 0 spiro atoms. The van der Waals surface area contributed by atoms with E-state index in [2.05, 4.69) is 10.3 Å². The normalized spacial score (nSPS) is 9.00. The molecule has 120 valence electrons. The summed E-state index contributed by atoms with van der Waals surface area (Å²) in [6.07, 6.45) is 1.39. The molecule has 0 saturated heterocycles. The van der Waals surface area contributed by atoms with Gasteiger partial charge in [0, 0.05) is 24.0 Å². The fourth-order valence-corrected chi connectivity index (χ4v) is 1.81. The molecule has 2 rings (SSSR count). The van der Waals surface area contributed by atoms with Crippen LogP contribution in [-0.2, 0) is 0 Å². The minimum Gasteiger partial charge on any atom is -0.457 e. The van der Waals surface area contributed by atoms with Crippen LogP contribution in [-0.4, -0.2) is 10.9 Å². The average molecular weight is 330 g/mol. The first-order valence-electron chi connectivity index (χ1n) is 6.82. The fraction of sp³-hybridized carbons (Fsp3) is 0. The number of allylic oxidation sites excluding steroid dienone is 2. The van der Waals surface area contributed by atoms with Gasteiger partial charge in [0.15, 0.2) is 5.57 Å². The molecule has 0 bridgehead atoms. The van der Waals surface area contributed by atoms with Crippen LogP contribution in [0.2, 0.25) is 0 Å². The molecular formula is C17H10N6O2.